The van der Waals surface area contributed by atoms with E-state index < -0.39 is 0 Å². The fraction of sp³-hybridized carbons (Fsp3) is 0.231. The summed E-state index contributed by atoms with van der Waals surface area (Å²) in [5.74, 6) is 0.760. The van der Waals surface area contributed by atoms with E-state index in [0.717, 1.165) is 16.7 Å². The van der Waals surface area contributed by atoms with Crippen molar-refractivity contribution in [2.24, 2.45) is 5.73 Å². The van der Waals surface area contributed by atoms with Crippen molar-refractivity contribution in [3.8, 4) is 5.75 Å². The van der Waals surface area contributed by atoms with Crippen LogP contribution in [0.5, 0.6) is 5.75 Å². The van der Waals surface area contributed by atoms with E-state index in [1.165, 1.54) is 0 Å². The molecule has 3 nitrogen and oxygen atoms in total. The first-order valence-electron chi connectivity index (χ1n) is 5.44. The van der Waals surface area contributed by atoms with Crippen LogP contribution in [-0.2, 0) is 0 Å². The Morgan fingerprint density at radius 2 is 2.06 bits per heavy atom. The minimum absolute atomic E-state index is 0.107. The second-order valence-corrected chi connectivity index (χ2v) is 4.50. The average Bonchev–Trinajstić information content (AvgIpc) is 2.28. The zero-order chi connectivity index (χ0) is 12.4. The van der Waals surface area contributed by atoms with Gasteiger partial charge in [-0.15, -0.1) is 0 Å². The van der Waals surface area contributed by atoms with Crippen molar-refractivity contribution < 1.29 is 4.74 Å². The van der Waals surface area contributed by atoms with Crippen LogP contribution >= 0.6 is 12.2 Å². The first-order chi connectivity index (χ1) is 8.08. The Morgan fingerprint density at radius 1 is 1.29 bits per heavy atom. The number of thiocarbonyl (C=S) groups is 1. The van der Waals surface area contributed by atoms with Crippen molar-refractivity contribution in [3.05, 3.63) is 36.0 Å². The summed E-state index contributed by atoms with van der Waals surface area (Å²) in [6.07, 6.45) is 0.107. The molecule has 0 amide bonds. The molecule has 4 heteroatoms. The first-order valence-corrected chi connectivity index (χ1v) is 5.85. The van der Waals surface area contributed by atoms with Gasteiger partial charge in [0.05, 0.1) is 11.8 Å². The summed E-state index contributed by atoms with van der Waals surface area (Å²) in [6.45, 7) is 3.96. The highest BCUT2D eigenvalue weighted by molar-refractivity contribution is 7.80. The molecule has 1 aromatic heterocycles. The molecule has 1 heterocycles. The Labute approximate surface area is 106 Å². The summed E-state index contributed by atoms with van der Waals surface area (Å²) in [5.41, 5.74) is 7.00. The highest BCUT2D eigenvalue weighted by atomic mass is 32.1. The standard InChI is InChI=1S/C13H14N2OS/c1-8(2)16-11-5-3-4-9-6-7-10(13(14)17)15-12(9)11/h3-8H,1-2H3,(H2,14,17). The molecule has 2 N–H and O–H groups in total. The lowest BCUT2D eigenvalue weighted by Crippen LogP contribution is -2.12. The summed E-state index contributed by atoms with van der Waals surface area (Å²) >= 11 is 4.93. The van der Waals surface area contributed by atoms with Crippen molar-refractivity contribution in [1.29, 1.82) is 0 Å². The van der Waals surface area contributed by atoms with Gasteiger partial charge in [0.1, 0.15) is 16.3 Å². The second-order valence-electron chi connectivity index (χ2n) is 4.06. The number of benzene rings is 1. The molecule has 0 radical (unpaired) electrons. The molecule has 0 atom stereocenters. The number of hydrogen-bond donors (Lipinski definition) is 1. The van der Waals surface area contributed by atoms with E-state index in [-0.39, 0.29) is 6.10 Å². The summed E-state index contributed by atoms with van der Waals surface area (Å²) in [5, 5.41) is 1.02. The number of aromatic nitrogens is 1. The van der Waals surface area contributed by atoms with Gasteiger partial charge in [-0.2, -0.15) is 0 Å². The van der Waals surface area contributed by atoms with Crippen LogP contribution in [0.2, 0.25) is 0 Å². The number of rotatable bonds is 3. The Hall–Kier alpha value is -1.68. The maximum atomic E-state index is 5.72. The molecule has 2 rings (SSSR count). The van der Waals surface area contributed by atoms with E-state index in [0.29, 0.717) is 10.7 Å². The van der Waals surface area contributed by atoms with E-state index in [2.05, 4.69) is 4.98 Å². The van der Waals surface area contributed by atoms with Gasteiger partial charge in [-0.25, -0.2) is 4.98 Å². The lowest BCUT2D eigenvalue weighted by atomic mass is 10.2. The van der Waals surface area contributed by atoms with Gasteiger partial charge in [-0.3, -0.25) is 0 Å². The van der Waals surface area contributed by atoms with Gasteiger partial charge < -0.3 is 10.5 Å². The average molecular weight is 246 g/mol. The molecule has 88 valence electrons. The fourth-order valence-corrected chi connectivity index (χ4v) is 1.72. The number of pyridine rings is 1. The maximum Gasteiger partial charge on any atom is 0.145 e. The van der Waals surface area contributed by atoms with Crippen molar-refractivity contribution in [1.82, 2.24) is 4.98 Å². The molecule has 0 aliphatic heterocycles. The lowest BCUT2D eigenvalue weighted by Gasteiger charge is -2.12. The number of para-hydroxylation sites is 1. The van der Waals surface area contributed by atoms with E-state index in [1.807, 2.05) is 44.2 Å². The van der Waals surface area contributed by atoms with Gasteiger partial charge in [0.2, 0.25) is 0 Å². The third-order valence-corrected chi connectivity index (χ3v) is 2.51. The number of hydrogen-bond acceptors (Lipinski definition) is 3. The zero-order valence-electron chi connectivity index (χ0n) is 9.81. The number of ether oxygens (including phenoxy) is 1. The minimum atomic E-state index is 0.107. The summed E-state index contributed by atoms with van der Waals surface area (Å²) < 4.78 is 5.72. The van der Waals surface area contributed by atoms with Gasteiger partial charge in [-0.05, 0) is 26.0 Å². The molecule has 1 aromatic carbocycles. The van der Waals surface area contributed by atoms with Crippen LogP contribution in [0, 0.1) is 0 Å². The molecule has 0 bridgehead atoms. The summed E-state index contributed by atoms with van der Waals surface area (Å²) in [4.78, 5) is 4.73. The van der Waals surface area contributed by atoms with Crippen LogP contribution < -0.4 is 10.5 Å². The molecular weight excluding hydrogens is 232 g/mol. The van der Waals surface area contributed by atoms with Crippen molar-refractivity contribution in [2.75, 3.05) is 0 Å². The highest BCUT2D eigenvalue weighted by Crippen LogP contribution is 2.24. The van der Waals surface area contributed by atoms with Crippen molar-refractivity contribution >= 4 is 28.1 Å². The molecule has 17 heavy (non-hydrogen) atoms. The quantitative estimate of drug-likeness (QED) is 0.846. The van der Waals surface area contributed by atoms with Crippen LogP contribution in [0.4, 0.5) is 0 Å². The Balaban J connectivity index is 2.59. The van der Waals surface area contributed by atoms with Gasteiger partial charge >= 0.3 is 0 Å². The van der Waals surface area contributed by atoms with Crippen molar-refractivity contribution in [3.63, 3.8) is 0 Å². The molecule has 0 spiro atoms. The Bertz CT molecular complexity index is 566. The predicted molar refractivity (Wildman–Crippen MR) is 73.4 cm³/mol. The number of nitrogens with two attached hydrogens (primary N) is 1. The largest absolute Gasteiger partial charge is 0.489 e. The van der Waals surface area contributed by atoms with Crippen LogP contribution in [0.25, 0.3) is 10.9 Å². The van der Waals surface area contributed by atoms with Crippen molar-refractivity contribution in [2.45, 2.75) is 20.0 Å². The highest BCUT2D eigenvalue weighted by Gasteiger charge is 2.07. The van der Waals surface area contributed by atoms with E-state index in [4.69, 9.17) is 22.7 Å². The van der Waals surface area contributed by atoms with Crippen LogP contribution in [0.3, 0.4) is 0 Å². The number of fused-ring (bicyclic) bond motifs is 1. The maximum absolute atomic E-state index is 5.72. The van der Waals surface area contributed by atoms with Gasteiger partial charge in [0.25, 0.3) is 0 Å². The molecule has 2 aromatic rings. The molecule has 0 fully saturated rings. The third-order valence-electron chi connectivity index (χ3n) is 2.30. The second kappa shape index (κ2) is 4.67. The van der Waals surface area contributed by atoms with Gasteiger partial charge in [0.15, 0.2) is 0 Å². The Kier molecular flexibility index (Phi) is 3.24. The number of nitrogens with zero attached hydrogens (tertiary/aromatic N) is 1. The zero-order valence-corrected chi connectivity index (χ0v) is 10.6. The molecule has 0 aliphatic rings. The smallest absolute Gasteiger partial charge is 0.145 e. The van der Waals surface area contributed by atoms with E-state index >= 15 is 0 Å². The topological polar surface area (TPSA) is 48.1 Å². The van der Waals surface area contributed by atoms with Gasteiger partial charge in [-0.1, -0.05) is 30.4 Å². The van der Waals surface area contributed by atoms with Crippen LogP contribution in [-0.4, -0.2) is 16.1 Å². The van der Waals surface area contributed by atoms with Gasteiger partial charge in [0, 0.05) is 5.39 Å². The summed E-state index contributed by atoms with van der Waals surface area (Å²) in [6, 6.07) is 9.60. The lowest BCUT2D eigenvalue weighted by molar-refractivity contribution is 0.245. The predicted octanol–water partition coefficient (Wildman–Crippen LogP) is 2.66. The van der Waals surface area contributed by atoms with Crippen LogP contribution in [0.1, 0.15) is 19.5 Å². The van der Waals surface area contributed by atoms with E-state index in [9.17, 15) is 0 Å². The monoisotopic (exact) mass is 246 g/mol. The SMILES string of the molecule is CC(C)Oc1cccc2ccc(C(N)=S)nc12. The molecular formula is C13H14N2OS. The third kappa shape index (κ3) is 2.53. The molecule has 0 aliphatic carbocycles. The fourth-order valence-electron chi connectivity index (χ4n) is 1.61. The molecule has 0 saturated carbocycles. The Morgan fingerprint density at radius 3 is 2.71 bits per heavy atom. The minimum Gasteiger partial charge on any atom is -0.489 e. The first kappa shape index (κ1) is 11.8. The summed E-state index contributed by atoms with van der Waals surface area (Å²) in [7, 11) is 0. The molecule has 0 saturated heterocycles. The van der Waals surface area contributed by atoms with E-state index in [1.54, 1.807) is 0 Å². The van der Waals surface area contributed by atoms with Crippen LogP contribution in [0.15, 0.2) is 30.3 Å². The molecule has 0 unspecified atom stereocenters. The normalized spacial score (nSPS) is 10.8.